The van der Waals surface area contributed by atoms with Gasteiger partial charge in [0.25, 0.3) is 5.91 Å². The summed E-state index contributed by atoms with van der Waals surface area (Å²) in [4.78, 5) is 24.3. The van der Waals surface area contributed by atoms with Gasteiger partial charge in [0.05, 0.1) is 11.7 Å². The van der Waals surface area contributed by atoms with E-state index >= 15 is 0 Å². The van der Waals surface area contributed by atoms with E-state index in [1.165, 1.54) is 43.1 Å². The van der Waals surface area contributed by atoms with Crippen molar-refractivity contribution in [2.24, 2.45) is 5.92 Å². The fourth-order valence-corrected chi connectivity index (χ4v) is 3.11. The molecule has 0 aliphatic rings. The second-order valence-corrected chi connectivity index (χ2v) is 7.27. The van der Waals surface area contributed by atoms with Crippen LogP contribution in [0.5, 0.6) is 0 Å². The highest BCUT2D eigenvalue weighted by Crippen LogP contribution is 2.14. The first kappa shape index (κ1) is 19.0. The van der Waals surface area contributed by atoms with Gasteiger partial charge in [0.15, 0.2) is 0 Å². The topological polar surface area (TPSA) is 104 Å². The van der Waals surface area contributed by atoms with E-state index in [-0.39, 0.29) is 18.2 Å². The summed E-state index contributed by atoms with van der Waals surface area (Å²) in [6, 6.07) is 6.03. The average molecular weight is 342 g/mol. The third kappa shape index (κ3) is 5.90. The maximum absolute atomic E-state index is 12.2. The number of nitrogens with one attached hydrogen (secondary N) is 1. The molecule has 1 atom stereocenters. The summed E-state index contributed by atoms with van der Waals surface area (Å²) in [6.45, 7) is 3.39. The third-order valence-corrected chi connectivity index (χ3v) is 4.69. The van der Waals surface area contributed by atoms with Crippen LogP contribution >= 0.6 is 0 Å². The molecule has 128 valence electrons. The highest BCUT2D eigenvalue weighted by Gasteiger charge is 2.18. The minimum absolute atomic E-state index is 0.0312. The minimum atomic E-state index is -3.37. The van der Waals surface area contributed by atoms with Gasteiger partial charge in [0, 0.05) is 24.8 Å². The van der Waals surface area contributed by atoms with Crippen molar-refractivity contribution in [3.8, 4) is 0 Å². The van der Waals surface area contributed by atoms with Crippen LogP contribution in [-0.2, 0) is 14.8 Å². The SMILES string of the molecule is CCCS(=O)(=O)Nc1ccc(C(=O)N(C)CC(C)C(=O)O)cc1. The Morgan fingerprint density at radius 3 is 2.30 bits per heavy atom. The van der Waals surface area contributed by atoms with Gasteiger partial charge in [-0.15, -0.1) is 0 Å². The van der Waals surface area contributed by atoms with E-state index in [4.69, 9.17) is 5.11 Å². The average Bonchev–Trinajstić information content (AvgIpc) is 2.46. The van der Waals surface area contributed by atoms with Gasteiger partial charge >= 0.3 is 5.97 Å². The number of carbonyl (C=O) groups is 2. The van der Waals surface area contributed by atoms with E-state index in [0.29, 0.717) is 17.7 Å². The Labute approximate surface area is 136 Å². The van der Waals surface area contributed by atoms with Gasteiger partial charge in [0.1, 0.15) is 0 Å². The minimum Gasteiger partial charge on any atom is -0.481 e. The van der Waals surface area contributed by atoms with Crippen LogP contribution in [-0.4, -0.2) is 49.6 Å². The lowest BCUT2D eigenvalue weighted by Crippen LogP contribution is -2.33. The molecule has 1 aromatic carbocycles. The first-order valence-corrected chi connectivity index (χ1v) is 8.90. The molecule has 1 aromatic rings. The van der Waals surface area contributed by atoms with E-state index in [0.717, 1.165) is 0 Å². The monoisotopic (exact) mass is 342 g/mol. The molecule has 1 amide bonds. The Morgan fingerprint density at radius 1 is 1.26 bits per heavy atom. The predicted molar refractivity (Wildman–Crippen MR) is 87.9 cm³/mol. The number of hydrogen-bond donors (Lipinski definition) is 2. The fourth-order valence-electron chi connectivity index (χ4n) is 1.97. The van der Waals surface area contributed by atoms with Crippen LogP contribution in [0, 0.1) is 5.92 Å². The van der Waals surface area contributed by atoms with E-state index in [9.17, 15) is 18.0 Å². The number of carbonyl (C=O) groups excluding carboxylic acids is 1. The van der Waals surface area contributed by atoms with Gasteiger partial charge in [-0.1, -0.05) is 13.8 Å². The van der Waals surface area contributed by atoms with Crippen LogP contribution in [0.1, 0.15) is 30.6 Å². The zero-order chi connectivity index (χ0) is 17.6. The summed E-state index contributed by atoms with van der Waals surface area (Å²) in [5.41, 5.74) is 0.750. The van der Waals surface area contributed by atoms with Gasteiger partial charge in [0.2, 0.25) is 10.0 Å². The lowest BCUT2D eigenvalue weighted by molar-refractivity contribution is -0.141. The first-order valence-electron chi connectivity index (χ1n) is 7.25. The molecule has 8 heteroatoms. The van der Waals surface area contributed by atoms with Crippen molar-refractivity contribution in [3.05, 3.63) is 29.8 Å². The maximum Gasteiger partial charge on any atom is 0.308 e. The Bertz CT molecular complexity index is 655. The molecule has 0 aromatic heterocycles. The number of benzene rings is 1. The molecule has 0 aliphatic heterocycles. The number of carboxylic acid groups (broad SMARTS) is 1. The number of sulfonamides is 1. The quantitative estimate of drug-likeness (QED) is 0.747. The fraction of sp³-hybridized carbons (Fsp3) is 0.467. The van der Waals surface area contributed by atoms with Gasteiger partial charge in [-0.25, -0.2) is 8.42 Å². The zero-order valence-electron chi connectivity index (χ0n) is 13.4. The van der Waals surface area contributed by atoms with E-state index < -0.39 is 21.9 Å². The molecule has 7 nitrogen and oxygen atoms in total. The summed E-state index contributed by atoms with van der Waals surface area (Å²) in [7, 11) is -1.84. The molecule has 2 N–H and O–H groups in total. The number of nitrogens with zero attached hydrogens (tertiary/aromatic N) is 1. The normalized spacial score (nSPS) is 12.5. The standard InChI is InChI=1S/C15H22N2O5S/c1-4-9-23(21,22)16-13-7-5-12(6-8-13)14(18)17(3)10-11(2)15(19)20/h5-8,11,16H,4,9-10H2,1-3H3,(H,19,20). The number of carboxylic acids is 1. The Morgan fingerprint density at radius 2 is 1.83 bits per heavy atom. The van der Waals surface area contributed by atoms with Crippen LogP contribution in [0.3, 0.4) is 0 Å². The van der Waals surface area contributed by atoms with Crippen LogP contribution in [0.2, 0.25) is 0 Å². The van der Waals surface area contributed by atoms with Crippen LogP contribution in [0.25, 0.3) is 0 Å². The molecule has 0 aliphatic carbocycles. The largest absolute Gasteiger partial charge is 0.481 e. The lowest BCUT2D eigenvalue weighted by Gasteiger charge is -2.19. The number of amides is 1. The molecular formula is C15H22N2O5S. The Balaban J connectivity index is 2.76. The van der Waals surface area contributed by atoms with Crippen molar-refractivity contribution in [2.75, 3.05) is 24.1 Å². The summed E-state index contributed by atoms with van der Waals surface area (Å²) in [5.74, 6) is -1.92. The zero-order valence-corrected chi connectivity index (χ0v) is 14.3. The number of hydrogen-bond acceptors (Lipinski definition) is 4. The predicted octanol–water partition coefficient (Wildman–Crippen LogP) is 1.63. The molecule has 1 unspecified atom stereocenters. The molecule has 0 saturated carbocycles. The Kier molecular flexibility index (Phi) is 6.56. The molecule has 0 spiro atoms. The van der Waals surface area contributed by atoms with Crippen molar-refractivity contribution < 1.29 is 23.1 Å². The second-order valence-electron chi connectivity index (χ2n) is 5.42. The summed E-state index contributed by atoms with van der Waals surface area (Å²) >= 11 is 0. The van der Waals surface area contributed by atoms with Crippen LogP contribution in [0.15, 0.2) is 24.3 Å². The summed E-state index contributed by atoms with van der Waals surface area (Å²) < 4.78 is 25.8. The molecular weight excluding hydrogens is 320 g/mol. The molecule has 23 heavy (non-hydrogen) atoms. The van der Waals surface area contributed by atoms with Gasteiger partial charge in [-0.2, -0.15) is 0 Å². The first-order chi connectivity index (χ1) is 10.7. The van der Waals surface area contributed by atoms with Crippen molar-refractivity contribution in [3.63, 3.8) is 0 Å². The third-order valence-electron chi connectivity index (χ3n) is 3.19. The molecule has 0 radical (unpaired) electrons. The number of rotatable bonds is 8. The summed E-state index contributed by atoms with van der Waals surface area (Å²) in [5, 5.41) is 8.87. The highest BCUT2D eigenvalue weighted by molar-refractivity contribution is 7.92. The van der Waals surface area contributed by atoms with Gasteiger partial charge in [-0.05, 0) is 30.7 Å². The second kappa shape index (κ2) is 7.96. The van der Waals surface area contributed by atoms with Crippen molar-refractivity contribution in [1.29, 1.82) is 0 Å². The maximum atomic E-state index is 12.2. The van der Waals surface area contributed by atoms with Gasteiger partial charge in [-0.3, -0.25) is 14.3 Å². The molecule has 0 fully saturated rings. The molecule has 0 bridgehead atoms. The number of aliphatic carboxylic acids is 1. The van der Waals surface area contributed by atoms with E-state index in [1.54, 1.807) is 6.92 Å². The Hall–Kier alpha value is -2.09. The van der Waals surface area contributed by atoms with Crippen LogP contribution < -0.4 is 4.72 Å². The van der Waals surface area contributed by atoms with Crippen molar-refractivity contribution in [2.45, 2.75) is 20.3 Å². The molecule has 0 saturated heterocycles. The van der Waals surface area contributed by atoms with Gasteiger partial charge < -0.3 is 10.0 Å². The van der Waals surface area contributed by atoms with Crippen LogP contribution in [0.4, 0.5) is 5.69 Å². The molecule has 0 heterocycles. The van der Waals surface area contributed by atoms with E-state index in [2.05, 4.69) is 4.72 Å². The number of anilines is 1. The summed E-state index contributed by atoms with van der Waals surface area (Å²) in [6.07, 6.45) is 0.512. The van der Waals surface area contributed by atoms with Crippen molar-refractivity contribution >= 4 is 27.6 Å². The van der Waals surface area contributed by atoms with Crippen molar-refractivity contribution in [1.82, 2.24) is 4.90 Å². The highest BCUT2D eigenvalue weighted by atomic mass is 32.2. The lowest BCUT2D eigenvalue weighted by atomic mass is 10.1. The molecule has 1 rings (SSSR count). The smallest absolute Gasteiger partial charge is 0.308 e. The van der Waals surface area contributed by atoms with E-state index in [1.807, 2.05) is 0 Å².